The number of nitrogens with zero attached hydrogens (tertiary/aromatic N) is 4. The average Bonchev–Trinajstić information content (AvgIpc) is 3.19. The fourth-order valence-corrected chi connectivity index (χ4v) is 3.66. The molecule has 0 N–H and O–H groups in total. The molecule has 0 spiro atoms. The Bertz CT molecular complexity index is 610. The van der Waals surface area contributed by atoms with Gasteiger partial charge in [0.2, 0.25) is 0 Å². The zero-order chi connectivity index (χ0) is 16.5. The van der Waals surface area contributed by atoms with Crippen LogP contribution in [0.4, 0.5) is 0 Å². The van der Waals surface area contributed by atoms with E-state index in [1.165, 1.54) is 0 Å². The van der Waals surface area contributed by atoms with Crippen molar-refractivity contribution in [3.8, 4) is 0 Å². The van der Waals surface area contributed by atoms with Gasteiger partial charge < -0.3 is 0 Å². The Morgan fingerprint density at radius 1 is 0.792 bits per heavy atom. The molecular formula is C18H22N4O2. The van der Waals surface area contributed by atoms with E-state index >= 15 is 0 Å². The van der Waals surface area contributed by atoms with E-state index in [4.69, 9.17) is 9.68 Å². The van der Waals surface area contributed by atoms with Crippen LogP contribution in [0.25, 0.3) is 0 Å². The summed E-state index contributed by atoms with van der Waals surface area (Å²) in [5.74, 6) is 0. The van der Waals surface area contributed by atoms with E-state index in [0.29, 0.717) is 0 Å². The summed E-state index contributed by atoms with van der Waals surface area (Å²) in [7, 11) is 3.99. The molecule has 4 rings (SSSR count). The molecule has 4 heterocycles. The molecule has 2 aromatic rings. The second kappa shape index (κ2) is 6.57. The molecule has 0 aromatic carbocycles. The SMILES string of the molecule is CN1O[C@H](c2ccccn2)C[C@@H]1[C@@H]1C[C@H](c2ccccn2)ON1C. The van der Waals surface area contributed by atoms with E-state index < -0.39 is 0 Å². The van der Waals surface area contributed by atoms with Gasteiger partial charge in [0.05, 0.1) is 23.5 Å². The van der Waals surface area contributed by atoms with Crippen LogP contribution in [0.3, 0.4) is 0 Å². The summed E-state index contributed by atoms with van der Waals surface area (Å²) in [6.07, 6.45) is 5.44. The lowest BCUT2D eigenvalue weighted by Gasteiger charge is -2.27. The molecule has 24 heavy (non-hydrogen) atoms. The Hall–Kier alpha value is -1.86. The maximum absolute atomic E-state index is 6.03. The van der Waals surface area contributed by atoms with Crippen molar-refractivity contribution < 1.29 is 9.68 Å². The number of rotatable bonds is 3. The Morgan fingerprint density at radius 3 is 1.62 bits per heavy atom. The van der Waals surface area contributed by atoms with Gasteiger partial charge in [-0.15, -0.1) is 0 Å². The molecule has 2 aliphatic heterocycles. The van der Waals surface area contributed by atoms with Crippen LogP contribution < -0.4 is 0 Å². The van der Waals surface area contributed by atoms with Crippen LogP contribution in [-0.2, 0) is 9.68 Å². The maximum Gasteiger partial charge on any atom is 0.123 e. The highest BCUT2D eigenvalue weighted by molar-refractivity contribution is 5.11. The lowest BCUT2D eigenvalue weighted by atomic mass is 9.96. The lowest BCUT2D eigenvalue weighted by molar-refractivity contribution is -0.184. The molecule has 0 amide bonds. The first-order valence-corrected chi connectivity index (χ1v) is 8.33. The standard InChI is InChI=1S/C18H22N4O2/c1-21-15(11-17(23-21)13-7-3-5-9-19-13)16-12-18(24-22(16)2)14-8-4-6-10-20-14/h3-10,15-18H,11-12H2,1-2H3/t15-,16+,17+,18-. The van der Waals surface area contributed by atoms with E-state index in [1.807, 2.05) is 73.0 Å². The first-order valence-electron chi connectivity index (χ1n) is 8.33. The zero-order valence-electron chi connectivity index (χ0n) is 13.9. The van der Waals surface area contributed by atoms with Crippen LogP contribution in [0, 0.1) is 0 Å². The zero-order valence-corrected chi connectivity index (χ0v) is 13.9. The Balaban J connectivity index is 1.48. The average molecular weight is 326 g/mol. The van der Waals surface area contributed by atoms with Gasteiger partial charge in [-0.3, -0.25) is 19.6 Å². The molecule has 0 aliphatic carbocycles. The van der Waals surface area contributed by atoms with Crippen molar-refractivity contribution in [2.24, 2.45) is 0 Å². The summed E-state index contributed by atoms with van der Waals surface area (Å²) in [5, 5.41) is 3.93. The third-order valence-corrected chi connectivity index (χ3v) is 4.91. The van der Waals surface area contributed by atoms with Gasteiger partial charge in [-0.25, -0.2) is 0 Å². The van der Waals surface area contributed by atoms with Crippen molar-refractivity contribution in [1.29, 1.82) is 0 Å². The second-order valence-corrected chi connectivity index (χ2v) is 6.40. The van der Waals surface area contributed by atoms with Crippen molar-refractivity contribution in [1.82, 2.24) is 20.1 Å². The molecule has 0 radical (unpaired) electrons. The van der Waals surface area contributed by atoms with E-state index in [1.54, 1.807) is 0 Å². The normalized spacial score (nSPS) is 31.6. The van der Waals surface area contributed by atoms with Crippen molar-refractivity contribution in [3.63, 3.8) is 0 Å². The van der Waals surface area contributed by atoms with Gasteiger partial charge in [0.1, 0.15) is 12.2 Å². The molecule has 126 valence electrons. The summed E-state index contributed by atoms with van der Waals surface area (Å²) in [5.41, 5.74) is 1.96. The van der Waals surface area contributed by atoms with E-state index in [2.05, 4.69) is 9.97 Å². The number of pyridine rings is 2. The van der Waals surface area contributed by atoms with Crippen LogP contribution in [0.2, 0.25) is 0 Å². The largest absolute Gasteiger partial charge is 0.289 e. The highest BCUT2D eigenvalue weighted by atomic mass is 16.7. The lowest BCUT2D eigenvalue weighted by Crippen LogP contribution is -2.42. The monoisotopic (exact) mass is 326 g/mol. The predicted octanol–water partition coefficient (Wildman–Crippen LogP) is 2.53. The van der Waals surface area contributed by atoms with Gasteiger partial charge in [0, 0.05) is 39.3 Å². The highest BCUT2D eigenvalue weighted by Crippen LogP contribution is 2.40. The molecular weight excluding hydrogens is 304 g/mol. The van der Waals surface area contributed by atoms with Gasteiger partial charge in [0.25, 0.3) is 0 Å². The Morgan fingerprint density at radius 2 is 1.25 bits per heavy atom. The molecule has 2 saturated heterocycles. The van der Waals surface area contributed by atoms with Crippen molar-refractivity contribution >= 4 is 0 Å². The first-order chi connectivity index (χ1) is 11.7. The number of hydroxylamine groups is 4. The second-order valence-electron chi connectivity index (χ2n) is 6.40. The molecule has 6 nitrogen and oxygen atoms in total. The smallest absolute Gasteiger partial charge is 0.123 e. The molecule has 4 atom stereocenters. The predicted molar refractivity (Wildman–Crippen MR) is 88.5 cm³/mol. The first kappa shape index (κ1) is 15.7. The molecule has 0 saturated carbocycles. The van der Waals surface area contributed by atoms with Gasteiger partial charge in [0.15, 0.2) is 0 Å². The van der Waals surface area contributed by atoms with Crippen LogP contribution in [0.1, 0.15) is 36.4 Å². The summed E-state index contributed by atoms with van der Waals surface area (Å²) in [4.78, 5) is 20.9. The van der Waals surface area contributed by atoms with Crippen molar-refractivity contribution in [2.75, 3.05) is 14.1 Å². The third kappa shape index (κ3) is 2.93. The third-order valence-electron chi connectivity index (χ3n) is 4.91. The van der Waals surface area contributed by atoms with Crippen LogP contribution in [0.15, 0.2) is 48.8 Å². The maximum atomic E-state index is 6.03. The molecule has 2 fully saturated rings. The van der Waals surface area contributed by atoms with Gasteiger partial charge >= 0.3 is 0 Å². The van der Waals surface area contributed by atoms with Gasteiger partial charge in [-0.05, 0) is 24.3 Å². The molecule has 2 aromatic heterocycles. The minimum atomic E-state index is 0.00324. The van der Waals surface area contributed by atoms with Gasteiger partial charge in [-0.2, -0.15) is 10.1 Å². The molecule has 2 aliphatic rings. The highest BCUT2D eigenvalue weighted by Gasteiger charge is 2.44. The molecule has 0 unspecified atom stereocenters. The van der Waals surface area contributed by atoms with Crippen molar-refractivity contribution in [3.05, 3.63) is 60.2 Å². The molecule has 0 bridgehead atoms. The summed E-state index contributed by atoms with van der Waals surface area (Å²) < 4.78 is 0. The Labute approximate surface area is 141 Å². The topological polar surface area (TPSA) is 50.7 Å². The van der Waals surface area contributed by atoms with Crippen LogP contribution >= 0.6 is 0 Å². The summed E-state index contributed by atoms with van der Waals surface area (Å²) >= 11 is 0. The fraction of sp³-hybridized carbons (Fsp3) is 0.444. The molecule has 6 heteroatoms. The quantitative estimate of drug-likeness (QED) is 0.864. The van der Waals surface area contributed by atoms with E-state index in [0.717, 1.165) is 24.2 Å². The minimum absolute atomic E-state index is 0.00324. The Kier molecular flexibility index (Phi) is 4.28. The number of hydrogen-bond acceptors (Lipinski definition) is 6. The number of hydrogen-bond donors (Lipinski definition) is 0. The van der Waals surface area contributed by atoms with Crippen LogP contribution in [-0.4, -0.2) is 46.3 Å². The number of aromatic nitrogens is 2. The van der Waals surface area contributed by atoms with E-state index in [-0.39, 0.29) is 24.3 Å². The van der Waals surface area contributed by atoms with Gasteiger partial charge in [-0.1, -0.05) is 12.1 Å². The van der Waals surface area contributed by atoms with Crippen molar-refractivity contribution in [2.45, 2.75) is 37.1 Å². The summed E-state index contributed by atoms with van der Waals surface area (Å²) in [6.45, 7) is 0. The number of likely N-dealkylation sites (N-methyl/N-ethyl adjacent to an activating group) is 2. The fourth-order valence-electron chi connectivity index (χ4n) is 3.66. The van der Waals surface area contributed by atoms with E-state index in [9.17, 15) is 0 Å². The van der Waals surface area contributed by atoms with Crippen LogP contribution in [0.5, 0.6) is 0 Å². The summed E-state index contributed by atoms with van der Waals surface area (Å²) in [6, 6.07) is 12.4. The minimum Gasteiger partial charge on any atom is -0.289 e.